The smallest absolute Gasteiger partial charge is 0.333 e. The second-order valence-corrected chi connectivity index (χ2v) is 5.51. The van der Waals surface area contributed by atoms with Crippen molar-refractivity contribution >= 4 is 16.1 Å². The molecule has 1 aromatic heterocycles. The van der Waals surface area contributed by atoms with Crippen molar-refractivity contribution in [2.24, 2.45) is 5.14 Å². The molecule has 1 saturated heterocycles. The molecule has 2 rings (SSSR count). The fourth-order valence-corrected chi connectivity index (χ4v) is 2.37. The highest BCUT2D eigenvalue weighted by Crippen LogP contribution is 2.22. The van der Waals surface area contributed by atoms with Crippen molar-refractivity contribution in [2.75, 3.05) is 18.0 Å². The van der Waals surface area contributed by atoms with Crippen molar-refractivity contribution in [3.8, 4) is 0 Å². The van der Waals surface area contributed by atoms with Crippen LogP contribution in [0.5, 0.6) is 0 Å². The van der Waals surface area contributed by atoms with Crippen LogP contribution >= 0.6 is 0 Å². The average Bonchev–Trinajstić information content (AvgIpc) is 2.37. The normalized spacial score (nSPS) is 16.8. The molecule has 0 atom stereocenters. The van der Waals surface area contributed by atoms with E-state index < -0.39 is 10.3 Å². The van der Waals surface area contributed by atoms with Gasteiger partial charge in [-0.2, -0.15) is 8.42 Å². The van der Waals surface area contributed by atoms with Crippen molar-refractivity contribution in [2.45, 2.75) is 25.9 Å². The molecule has 0 bridgehead atoms. The zero-order valence-corrected chi connectivity index (χ0v) is 10.9. The van der Waals surface area contributed by atoms with Crippen molar-refractivity contribution < 1.29 is 12.6 Å². The molecule has 100 valence electrons. The molecule has 0 unspecified atom stereocenters. The van der Waals surface area contributed by atoms with Gasteiger partial charge < -0.3 is 4.90 Å². The maximum atomic E-state index is 10.8. The molecule has 0 aromatic carbocycles. The summed E-state index contributed by atoms with van der Waals surface area (Å²) < 4.78 is 26.3. The standard InChI is InChI=1S/C11H17N3O3S/c12-18(15,16)17-9-10-5-4-6-13-11(10)14-7-2-1-3-8-14/h4-6H,1-3,7-9H2,(H2,12,15,16). The molecule has 18 heavy (non-hydrogen) atoms. The van der Waals surface area contributed by atoms with Gasteiger partial charge in [-0.05, 0) is 25.3 Å². The average molecular weight is 271 g/mol. The van der Waals surface area contributed by atoms with Gasteiger partial charge in [-0.15, -0.1) is 0 Å². The third kappa shape index (κ3) is 3.66. The molecule has 2 heterocycles. The Morgan fingerprint density at radius 1 is 1.33 bits per heavy atom. The summed E-state index contributed by atoms with van der Waals surface area (Å²) in [4.78, 5) is 6.47. The van der Waals surface area contributed by atoms with E-state index in [9.17, 15) is 8.42 Å². The van der Waals surface area contributed by atoms with Crippen LogP contribution in [0.2, 0.25) is 0 Å². The summed E-state index contributed by atoms with van der Waals surface area (Å²) in [6.45, 7) is 1.82. The first-order valence-electron chi connectivity index (χ1n) is 5.92. The van der Waals surface area contributed by atoms with Gasteiger partial charge in [0.25, 0.3) is 0 Å². The van der Waals surface area contributed by atoms with E-state index in [4.69, 9.17) is 5.14 Å². The van der Waals surface area contributed by atoms with Crippen LogP contribution in [0.1, 0.15) is 24.8 Å². The summed E-state index contributed by atoms with van der Waals surface area (Å²) in [5.74, 6) is 0.792. The van der Waals surface area contributed by atoms with Gasteiger partial charge in [-0.1, -0.05) is 6.07 Å². The number of piperidine rings is 1. The number of hydrogen-bond acceptors (Lipinski definition) is 5. The van der Waals surface area contributed by atoms with Crippen LogP contribution in [-0.2, 0) is 21.1 Å². The Balaban J connectivity index is 2.14. The zero-order valence-electron chi connectivity index (χ0n) is 10.1. The number of nitrogens with two attached hydrogens (primary N) is 1. The monoisotopic (exact) mass is 271 g/mol. The largest absolute Gasteiger partial charge is 0.356 e. The SMILES string of the molecule is NS(=O)(=O)OCc1cccnc1N1CCCCC1. The molecule has 2 N–H and O–H groups in total. The fraction of sp³-hybridized carbons (Fsp3) is 0.545. The second-order valence-electron chi connectivity index (χ2n) is 4.29. The summed E-state index contributed by atoms with van der Waals surface area (Å²) >= 11 is 0. The highest BCUT2D eigenvalue weighted by molar-refractivity contribution is 7.84. The van der Waals surface area contributed by atoms with Crippen molar-refractivity contribution in [1.82, 2.24) is 4.98 Å². The Morgan fingerprint density at radius 3 is 2.72 bits per heavy atom. The molecule has 0 saturated carbocycles. The second kappa shape index (κ2) is 5.64. The molecule has 1 aliphatic rings. The maximum absolute atomic E-state index is 10.8. The molecule has 0 radical (unpaired) electrons. The lowest BCUT2D eigenvalue weighted by molar-refractivity contribution is 0.308. The summed E-state index contributed by atoms with van der Waals surface area (Å²) in [5, 5.41) is 4.83. The first-order chi connectivity index (χ1) is 8.56. The molecule has 0 spiro atoms. The van der Waals surface area contributed by atoms with Gasteiger partial charge in [0.1, 0.15) is 5.82 Å². The molecule has 1 aliphatic heterocycles. The Labute approximate surface area is 107 Å². The van der Waals surface area contributed by atoms with Gasteiger partial charge in [-0.3, -0.25) is 4.18 Å². The number of aromatic nitrogens is 1. The number of rotatable bonds is 4. The lowest BCUT2D eigenvalue weighted by Crippen LogP contribution is -2.31. The third-order valence-corrected chi connectivity index (χ3v) is 3.35. The van der Waals surface area contributed by atoms with E-state index in [0.717, 1.165) is 37.3 Å². The highest BCUT2D eigenvalue weighted by atomic mass is 32.2. The van der Waals surface area contributed by atoms with Crippen LogP contribution in [0.4, 0.5) is 5.82 Å². The third-order valence-electron chi connectivity index (χ3n) is 2.90. The van der Waals surface area contributed by atoms with Crippen molar-refractivity contribution in [3.63, 3.8) is 0 Å². The molecule has 6 nitrogen and oxygen atoms in total. The van der Waals surface area contributed by atoms with Crippen LogP contribution < -0.4 is 10.0 Å². The molecule has 0 aliphatic carbocycles. The van der Waals surface area contributed by atoms with E-state index in [2.05, 4.69) is 14.1 Å². The van der Waals surface area contributed by atoms with Gasteiger partial charge >= 0.3 is 10.3 Å². The van der Waals surface area contributed by atoms with Crippen LogP contribution in [0, 0.1) is 0 Å². The Kier molecular flexibility index (Phi) is 4.15. The Morgan fingerprint density at radius 2 is 2.06 bits per heavy atom. The first-order valence-corrected chi connectivity index (χ1v) is 7.39. The lowest BCUT2D eigenvalue weighted by atomic mass is 10.1. The van der Waals surface area contributed by atoms with E-state index >= 15 is 0 Å². The number of nitrogens with zero attached hydrogens (tertiary/aromatic N) is 2. The van der Waals surface area contributed by atoms with Crippen LogP contribution in [-0.4, -0.2) is 26.5 Å². The van der Waals surface area contributed by atoms with E-state index in [-0.39, 0.29) is 6.61 Å². The van der Waals surface area contributed by atoms with Crippen molar-refractivity contribution in [3.05, 3.63) is 23.9 Å². The topological polar surface area (TPSA) is 85.5 Å². The molecule has 0 amide bonds. The van der Waals surface area contributed by atoms with Crippen LogP contribution in [0.3, 0.4) is 0 Å². The van der Waals surface area contributed by atoms with E-state index in [1.54, 1.807) is 12.3 Å². The molecular weight excluding hydrogens is 254 g/mol. The predicted octanol–water partition coefficient (Wildman–Crippen LogP) is 0.792. The quantitative estimate of drug-likeness (QED) is 0.875. The minimum Gasteiger partial charge on any atom is -0.356 e. The molecule has 1 aromatic rings. The van der Waals surface area contributed by atoms with Gasteiger partial charge in [0.2, 0.25) is 0 Å². The summed E-state index contributed by atoms with van der Waals surface area (Å²) in [6, 6.07) is 3.57. The summed E-state index contributed by atoms with van der Waals surface area (Å²) in [7, 11) is -3.92. The van der Waals surface area contributed by atoms with Crippen LogP contribution in [0.25, 0.3) is 0 Å². The van der Waals surface area contributed by atoms with E-state index in [1.807, 2.05) is 6.07 Å². The highest BCUT2D eigenvalue weighted by Gasteiger charge is 2.16. The summed E-state index contributed by atoms with van der Waals surface area (Å²) in [6.07, 6.45) is 5.19. The van der Waals surface area contributed by atoms with Crippen molar-refractivity contribution in [1.29, 1.82) is 0 Å². The molecular formula is C11H17N3O3S. The van der Waals surface area contributed by atoms with Gasteiger partial charge in [-0.25, -0.2) is 10.1 Å². The van der Waals surface area contributed by atoms with E-state index in [1.165, 1.54) is 6.42 Å². The number of hydrogen-bond donors (Lipinski definition) is 1. The van der Waals surface area contributed by atoms with Gasteiger partial charge in [0.05, 0.1) is 6.61 Å². The fourth-order valence-electron chi connectivity index (χ4n) is 2.08. The zero-order chi connectivity index (χ0) is 13.0. The number of pyridine rings is 1. The minimum atomic E-state index is -3.92. The first kappa shape index (κ1) is 13.3. The lowest BCUT2D eigenvalue weighted by Gasteiger charge is -2.29. The predicted molar refractivity (Wildman–Crippen MR) is 68.2 cm³/mol. The Bertz CT molecular complexity index is 498. The maximum Gasteiger partial charge on any atom is 0.333 e. The van der Waals surface area contributed by atoms with E-state index in [0.29, 0.717) is 0 Å². The molecule has 1 fully saturated rings. The van der Waals surface area contributed by atoms with Gasteiger partial charge in [0.15, 0.2) is 0 Å². The summed E-state index contributed by atoms with van der Waals surface area (Å²) in [5.41, 5.74) is 0.744. The van der Waals surface area contributed by atoms with Crippen LogP contribution in [0.15, 0.2) is 18.3 Å². The Hall–Kier alpha value is -1.18. The molecule has 7 heteroatoms. The number of anilines is 1. The van der Waals surface area contributed by atoms with Gasteiger partial charge in [0, 0.05) is 24.8 Å². The minimum absolute atomic E-state index is 0.0709.